The third kappa shape index (κ3) is 2.48. The minimum atomic E-state index is -0.762. The minimum absolute atomic E-state index is 0.272. The Morgan fingerprint density at radius 1 is 0.960 bits per heavy atom. The first-order valence-electron chi connectivity index (χ1n) is 8.38. The van der Waals surface area contributed by atoms with Crippen LogP contribution in [0.15, 0.2) is 41.8 Å². The summed E-state index contributed by atoms with van der Waals surface area (Å²) in [7, 11) is 0. The number of carbonyl (C=O) groups is 3. The van der Waals surface area contributed by atoms with Gasteiger partial charge < -0.3 is 4.84 Å². The van der Waals surface area contributed by atoms with Crippen LogP contribution in [0.1, 0.15) is 57.7 Å². The second kappa shape index (κ2) is 6.11. The van der Waals surface area contributed by atoms with Crippen LogP contribution in [-0.4, -0.2) is 22.8 Å². The van der Waals surface area contributed by atoms with Crippen molar-refractivity contribution in [1.29, 1.82) is 0 Å². The number of fused-ring (bicyclic) bond motifs is 1. The molecule has 1 aromatic carbocycles. The van der Waals surface area contributed by atoms with Crippen molar-refractivity contribution in [3.05, 3.63) is 57.8 Å². The van der Waals surface area contributed by atoms with Crippen LogP contribution in [0.4, 0.5) is 0 Å². The lowest BCUT2D eigenvalue weighted by Crippen LogP contribution is -2.44. The fraction of sp³-hybridized carbons (Fsp3) is 0.316. The van der Waals surface area contributed by atoms with Gasteiger partial charge in [0.25, 0.3) is 11.8 Å². The fourth-order valence-corrected chi connectivity index (χ4v) is 4.65. The average molecular weight is 355 g/mol. The summed E-state index contributed by atoms with van der Waals surface area (Å²) in [6, 6.07) is 10.3. The highest BCUT2D eigenvalue weighted by atomic mass is 32.1. The maximum atomic E-state index is 13.1. The molecule has 2 amide bonds. The molecule has 0 atom stereocenters. The number of amides is 2. The predicted molar refractivity (Wildman–Crippen MR) is 92.1 cm³/mol. The van der Waals surface area contributed by atoms with Crippen molar-refractivity contribution in [3.63, 3.8) is 0 Å². The van der Waals surface area contributed by atoms with Gasteiger partial charge >= 0.3 is 5.97 Å². The molecule has 0 spiro atoms. The van der Waals surface area contributed by atoms with Gasteiger partial charge in [-0.15, -0.1) is 11.3 Å². The van der Waals surface area contributed by atoms with Crippen molar-refractivity contribution >= 4 is 29.1 Å². The number of imide groups is 1. The van der Waals surface area contributed by atoms with Gasteiger partial charge in [0.05, 0.1) is 11.1 Å². The Kier molecular flexibility index (Phi) is 3.92. The lowest BCUT2D eigenvalue weighted by molar-refractivity contribution is -0.177. The molecular formula is C19H17NO4S. The summed E-state index contributed by atoms with van der Waals surface area (Å²) in [5, 5.41) is 2.55. The highest BCUT2D eigenvalue weighted by molar-refractivity contribution is 7.10. The van der Waals surface area contributed by atoms with E-state index in [1.54, 1.807) is 24.3 Å². The highest BCUT2D eigenvalue weighted by Gasteiger charge is 2.47. The van der Waals surface area contributed by atoms with E-state index in [4.69, 9.17) is 4.84 Å². The van der Waals surface area contributed by atoms with Gasteiger partial charge in [0.15, 0.2) is 0 Å². The van der Waals surface area contributed by atoms with Gasteiger partial charge in [-0.3, -0.25) is 9.59 Å². The Morgan fingerprint density at radius 2 is 1.60 bits per heavy atom. The number of hydrogen-bond acceptors (Lipinski definition) is 5. The van der Waals surface area contributed by atoms with E-state index in [1.165, 1.54) is 11.3 Å². The number of rotatable bonds is 3. The van der Waals surface area contributed by atoms with Gasteiger partial charge in [0.1, 0.15) is 5.41 Å². The lowest BCUT2D eigenvalue weighted by atomic mass is 9.73. The molecule has 25 heavy (non-hydrogen) atoms. The monoisotopic (exact) mass is 355 g/mol. The second-order valence-electron chi connectivity index (χ2n) is 6.45. The molecule has 6 heteroatoms. The van der Waals surface area contributed by atoms with Crippen molar-refractivity contribution in [2.45, 2.75) is 37.5 Å². The molecule has 0 bridgehead atoms. The normalized spacial score (nSPS) is 19.0. The molecule has 0 radical (unpaired) electrons. The Labute approximate surface area is 149 Å². The molecule has 1 aliphatic heterocycles. The van der Waals surface area contributed by atoms with Gasteiger partial charge in [0, 0.05) is 4.88 Å². The Balaban J connectivity index is 1.63. The van der Waals surface area contributed by atoms with Gasteiger partial charge in [-0.2, -0.15) is 0 Å². The second-order valence-corrected chi connectivity index (χ2v) is 7.40. The SMILES string of the molecule is O=C1c2ccccc2C(=O)N1OC(=O)C1(c2cccs2)CCCCC1. The zero-order valence-corrected chi connectivity index (χ0v) is 14.4. The van der Waals surface area contributed by atoms with Crippen molar-refractivity contribution in [3.8, 4) is 0 Å². The molecule has 2 aromatic rings. The summed E-state index contributed by atoms with van der Waals surface area (Å²) in [6.07, 6.45) is 4.28. The Morgan fingerprint density at radius 3 is 2.16 bits per heavy atom. The van der Waals surface area contributed by atoms with Gasteiger partial charge in [-0.25, -0.2) is 4.79 Å². The molecule has 5 nitrogen and oxygen atoms in total. The van der Waals surface area contributed by atoms with Crippen LogP contribution in [0.25, 0.3) is 0 Å². The zero-order chi connectivity index (χ0) is 17.4. The van der Waals surface area contributed by atoms with E-state index >= 15 is 0 Å². The molecule has 1 fully saturated rings. The lowest BCUT2D eigenvalue weighted by Gasteiger charge is -2.34. The molecule has 1 aromatic heterocycles. The molecule has 0 N–H and O–H groups in total. The molecule has 1 saturated carbocycles. The van der Waals surface area contributed by atoms with E-state index in [9.17, 15) is 14.4 Å². The fourth-order valence-electron chi connectivity index (χ4n) is 3.68. The average Bonchev–Trinajstić information content (AvgIpc) is 3.27. The van der Waals surface area contributed by atoms with Crippen LogP contribution in [0, 0.1) is 0 Å². The Hall–Kier alpha value is -2.47. The van der Waals surface area contributed by atoms with E-state index in [1.807, 2.05) is 17.5 Å². The Bertz CT molecular complexity index is 802. The van der Waals surface area contributed by atoms with E-state index in [2.05, 4.69) is 0 Å². The summed E-state index contributed by atoms with van der Waals surface area (Å²) in [4.78, 5) is 44.3. The summed E-state index contributed by atoms with van der Waals surface area (Å²) >= 11 is 1.51. The van der Waals surface area contributed by atoms with Crippen LogP contribution >= 0.6 is 11.3 Å². The minimum Gasteiger partial charge on any atom is -0.329 e. The zero-order valence-electron chi connectivity index (χ0n) is 13.6. The first-order valence-corrected chi connectivity index (χ1v) is 9.26. The quantitative estimate of drug-likeness (QED) is 0.788. The van der Waals surface area contributed by atoms with Gasteiger partial charge in [-0.05, 0) is 36.4 Å². The van der Waals surface area contributed by atoms with Gasteiger partial charge in [0.2, 0.25) is 0 Å². The summed E-state index contributed by atoms with van der Waals surface area (Å²) in [6.45, 7) is 0. The highest BCUT2D eigenvalue weighted by Crippen LogP contribution is 2.43. The van der Waals surface area contributed by atoms with Crippen LogP contribution < -0.4 is 0 Å². The number of hydroxylamine groups is 2. The van der Waals surface area contributed by atoms with Crippen LogP contribution in [-0.2, 0) is 15.0 Å². The topological polar surface area (TPSA) is 63.7 Å². The largest absolute Gasteiger partial charge is 0.344 e. The summed E-state index contributed by atoms with van der Waals surface area (Å²) in [5.74, 6) is -1.67. The molecule has 0 saturated heterocycles. The molecule has 2 heterocycles. The molecule has 1 aliphatic carbocycles. The van der Waals surface area contributed by atoms with Crippen molar-refractivity contribution in [2.24, 2.45) is 0 Å². The number of nitrogens with zero attached hydrogens (tertiary/aromatic N) is 1. The summed E-state index contributed by atoms with van der Waals surface area (Å²) < 4.78 is 0. The third-order valence-corrected chi connectivity index (χ3v) is 6.10. The standard InChI is InChI=1S/C19H17NO4S/c21-16-13-7-2-3-8-14(13)17(22)20(16)24-18(23)19(10-4-1-5-11-19)15-9-6-12-25-15/h2-3,6-9,12H,1,4-5,10-11H2. The molecule has 4 rings (SSSR count). The number of carbonyl (C=O) groups excluding carboxylic acids is 3. The van der Waals surface area contributed by atoms with E-state index < -0.39 is 23.2 Å². The van der Waals surface area contributed by atoms with E-state index in [0.717, 1.165) is 24.1 Å². The smallest absolute Gasteiger partial charge is 0.329 e. The summed E-state index contributed by atoms with van der Waals surface area (Å²) in [5.41, 5.74) is -0.217. The van der Waals surface area contributed by atoms with Crippen LogP contribution in [0.2, 0.25) is 0 Å². The molecule has 2 aliphatic rings. The maximum absolute atomic E-state index is 13.1. The number of hydrogen-bond donors (Lipinski definition) is 0. The first kappa shape index (κ1) is 16.0. The third-order valence-electron chi connectivity index (χ3n) is 5.02. The number of thiophene rings is 1. The molecular weight excluding hydrogens is 338 g/mol. The van der Waals surface area contributed by atoms with Crippen molar-refractivity contribution in [1.82, 2.24) is 5.06 Å². The van der Waals surface area contributed by atoms with Crippen molar-refractivity contribution < 1.29 is 19.2 Å². The van der Waals surface area contributed by atoms with Crippen LogP contribution in [0.3, 0.4) is 0 Å². The first-order chi connectivity index (χ1) is 12.1. The van der Waals surface area contributed by atoms with Crippen molar-refractivity contribution in [2.75, 3.05) is 0 Å². The van der Waals surface area contributed by atoms with E-state index in [0.29, 0.717) is 17.9 Å². The van der Waals surface area contributed by atoms with Crippen LogP contribution in [0.5, 0.6) is 0 Å². The molecule has 0 unspecified atom stereocenters. The van der Waals surface area contributed by atoms with Gasteiger partial charge in [-0.1, -0.05) is 42.5 Å². The predicted octanol–water partition coefficient (Wildman–Crippen LogP) is 3.70. The molecule has 128 valence electrons. The van der Waals surface area contributed by atoms with E-state index in [-0.39, 0.29) is 11.1 Å². The maximum Gasteiger partial charge on any atom is 0.344 e. The number of benzene rings is 1.